The normalized spacial score (nSPS) is 27.6. The number of nitrogens with zero attached hydrogens (tertiary/aromatic N) is 5. The number of amides is 2. The summed E-state index contributed by atoms with van der Waals surface area (Å²) in [4.78, 5) is 43.8. The van der Waals surface area contributed by atoms with Crippen molar-refractivity contribution < 1.29 is 29.0 Å². The van der Waals surface area contributed by atoms with Crippen LogP contribution in [0.15, 0.2) is 12.1 Å². The number of hydrogen-bond acceptors (Lipinski definition) is 7. The summed E-state index contributed by atoms with van der Waals surface area (Å²) >= 11 is 6.78. The maximum atomic E-state index is 14.4. The number of carboxylic acids is 1. The van der Waals surface area contributed by atoms with Gasteiger partial charge in [0.05, 0.1) is 42.8 Å². The predicted molar refractivity (Wildman–Crippen MR) is 154 cm³/mol. The number of rotatable bonds is 7. The van der Waals surface area contributed by atoms with Crippen LogP contribution in [0.4, 0.5) is 0 Å². The first-order chi connectivity index (χ1) is 20.7. The van der Waals surface area contributed by atoms with Gasteiger partial charge in [0.1, 0.15) is 18.1 Å². The second-order valence-electron chi connectivity index (χ2n) is 13.3. The molecule has 12 heteroatoms. The predicted octanol–water partition coefficient (Wildman–Crippen LogP) is 3.76. The molecule has 2 aromatic rings. The van der Waals surface area contributed by atoms with Crippen LogP contribution in [0.1, 0.15) is 80.4 Å². The number of aromatic nitrogens is 3. The Balaban J connectivity index is 1.25. The van der Waals surface area contributed by atoms with E-state index < -0.39 is 23.3 Å². The fourth-order valence-electron chi connectivity index (χ4n) is 7.70. The van der Waals surface area contributed by atoms with Crippen LogP contribution < -0.4 is 4.74 Å². The topological polar surface area (TPSA) is 127 Å². The van der Waals surface area contributed by atoms with Gasteiger partial charge in [0.2, 0.25) is 11.8 Å². The molecule has 11 nitrogen and oxygen atoms in total. The zero-order valence-corrected chi connectivity index (χ0v) is 25.3. The van der Waals surface area contributed by atoms with Crippen LogP contribution in [0, 0.1) is 16.7 Å². The van der Waals surface area contributed by atoms with Crippen molar-refractivity contribution >= 4 is 29.4 Å². The molecule has 2 amide bonds. The zero-order chi connectivity index (χ0) is 29.9. The number of hydrogen-bond donors (Lipinski definition) is 1. The summed E-state index contributed by atoms with van der Waals surface area (Å²) in [6.07, 6.45) is 5.74. The van der Waals surface area contributed by atoms with Crippen molar-refractivity contribution in [1.82, 2.24) is 24.8 Å². The molecule has 0 radical (unpaired) electrons. The SMILES string of the molecule is C[C@]1(C(=O)O)CCCC[C@H]1C(=O)N1CCc2c(Cl)ccc(OCc3nnn4c3COCC4)c2[C@H]1CN1CC2(CC2)CC1=O. The molecule has 1 aromatic heterocycles. The smallest absolute Gasteiger partial charge is 0.310 e. The summed E-state index contributed by atoms with van der Waals surface area (Å²) in [6.45, 7) is 4.91. The number of carboxylic acid groups (broad SMARTS) is 1. The number of halogens is 1. The van der Waals surface area contributed by atoms with E-state index in [0.29, 0.717) is 81.5 Å². The molecular formula is C31H38ClN5O6. The van der Waals surface area contributed by atoms with E-state index in [4.69, 9.17) is 21.1 Å². The molecule has 0 unspecified atom stereocenters. The second-order valence-corrected chi connectivity index (χ2v) is 13.7. The van der Waals surface area contributed by atoms with Gasteiger partial charge in [-0.05, 0) is 62.1 Å². The molecular weight excluding hydrogens is 574 g/mol. The minimum absolute atomic E-state index is 0.0671. The Labute approximate surface area is 255 Å². The average molecular weight is 612 g/mol. The molecule has 43 heavy (non-hydrogen) atoms. The molecule has 230 valence electrons. The van der Waals surface area contributed by atoms with Crippen molar-refractivity contribution in [1.29, 1.82) is 0 Å². The highest BCUT2D eigenvalue weighted by molar-refractivity contribution is 6.31. The van der Waals surface area contributed by atoms with Gasteiger partial charge in [-0.25, -0.2) is 4.68 Å². The summed E-state index contributed by atoms with van der Waals surface area (Å²) in [5, 5.41) is 19.4. The molecule has 0 bridgehead atoms. The Morgan fingerprint density at radius 3 is 2.81 bits per heavy atom. The molecule has 1 spiro atoms. The van der Waals surface area contributed by atoms with Crippen molar-refractivity contribution in [3.63, 3.8) is 0 Å². The fourth-order valence-corrected chi connectivity index (χ4v) is 7.96. The van der Waals surface area contributed by atoms with Crippen molar-refractivity contribution in [2.75, 3.05) is 26.2 Å². The van der Waals surface area contributed by atoms with Crippen LogP contribution in [0.25, 0.3) is 0 Å². The Kier molecular flexibility index (Phi) is 7.16. The summed E-state index contributed by atoms with van der Waals surface area (Å²) in [6, 6.07) is 3.13. The standard InChI is InChI=1S/C31H38ClN5O6/c1-30(29(40)41)8-3-2-4-20(30)28(39)36-11-7-19-21(32)5-6-25(43-16-22-24-17-42-13-12-37(24)34-33-22)27(19)23(36)15-35-18-31(9-10-31)14-26(35)38/h5-6,20,23H,2-4,7-18H2,1H3,(H,40,41)/t20-,23+,30-/m0/s1. The van der Waals surface area contributed by atoms with Gasteiger partial charge < -0.3 is 24.4 Å². The number of benzene rings is 1. The van der Waals surface area contributed by atoms with Gasteiger partial charge in [0, 0.05) is 36.6 Å². The Bertz CT molecular complexity index is 1470. The molecule has 1 saturated heterocycles. The lowest BCUT2D eigenvalue weighted by Gasteiger charge is -2.45. The molecule has 2 aliphatic carbocycles. The van der Waals surface area contributed by atoms with Crippen LogP contribution >= 0.6 is 11.6 Å². The molecule has 7 rings (SSSR count). The molecule has 1 aromatic carbocycles. The Morgan fingerprint density at radius 1 is 1.21 bits per heavy atom. The van der Waals surface area contributed by atoms with E-state index in [-0.39, 0.29) is 23.8 Å². The van der Waals surface area contributed by atoms with E-state index in [0.717, 1.165) is 42.5 Å². The Morgan fingerprint density at radius 2 is 2.05 bits per heavy atom. The monoisotopic (exact) mass is 611 g/mol. The van der Waals surface area contributed by atoms with Crippen LogP contribution in [0.3, 0.4) is 0 Å². The van der Waals surface area contributed by atoms with Gasteiger partial charge in [-0.3, -0.25) is 14.4 Å². The van der Waals surface area contributed by atoms with E-state index in [9.17, 15) is 19.5 Å². The molecule has 2 saturated carbocycles. The van der Waals surface area contributed by atoms with Crippen LogP contribution in [0.2, 0.25) is 5.02 Å². The number of likely N-dealkylation sites (tertiary alicyclic amines) is 1. The van der Waals surface area contributed by atoms with Crippen LogP contribution in [-0.2, 0) is 45.3 Å². The third kappa shape index (κ3) is 4.98. The lowest BCUT2D eigenvalue weighted by atomic mass is 9.66. The maximum absolute atomic E-state index is 14.4. The van der Waals surface area contributed by atoms with Gasteiger partial charge in [-0.2, -0.15) is 0 Å². The number of aliphatic carboxylic acids is 1. The van der Waals surface area contributed by atoms with Crippen LogP contribution in [0.5, 0.6) is 5.75 Å². The molecule has 1 N–H and O–H groups in total. The summed E-state index contributed by atoms with van der Waals surface area (Å²) in [7, 11) is 0. The first-order valence-corrected chi connectivity index (χ1v) is 15.8. The van der Waals surface area contributed by atoms with Crippen molar-refractivity contribution in [2.24, 2.45) is 16.7 Å². The molecule has 4 heterocycles. The van der Waals surface area contributed by atoms with Crippen molar-refractivity contribution in [3.05, 3.63) is 39.7 Å². The molecule has 3 fully saturated rings. The highest BCUT2D eigenvalue weighted by Crippen LogP contribution is 2.54. The Hall–Kier alpha value is -3.18. The van der Waals surface area contributed by atoms with Gasteiger partial charge in [-0.15, -0.1) is 5.10 Å². The van der Waals surface area contributed by atoms with E-state index in [1.165, 1.54) is 0 Å². The highest BCUT2D eigenvalue weighted by Gasteiger charge is 2.54. The van der Waals surface area contributed by atoms with Crippen LogP contribution in [-0.4, -0.2) is 73.9 Å². The summed E-state index contributed by atoms with van der Waals surface area (Å²) in [5.41, 5.74) is 2.20. The van der Waals surface area contributed by atoms with Crippen molar-refractivity contribution in [2.45, 2.75) is 84.1 Å². The number of carbonyl (C=O) groups is 3. The van der Waals surface area contributed by atoms with E-state index in [2.05, 4.69) is 10.3 Å². The second kappa shape index (κ2) is 10.8. The average Bonchev–Trinajstić information content (AvgIpc) is 3.50. The quantitative estimate of drug-likeness (QED) is 0.501. The van der Waals surface area contributed by atoms with Gasteiger partial charge in [-0.1, -0.05) is 29.7 Å². The third-order valence-electron chi connectivity index (χ3n) is 10.6. The maximum Gasteiger partial charge on any atom is 0.310 e. The number of ether oxygens (including phenoxy) is 2. The lowest BCUT2D eigenvalue weighted by molar-refractivity contribution is -0.162. The fraction of sp³-hybridized carbons (Fsp3) is 0.645. The van der Waals surface area contributed by atoms with E-state index in [1.807, 2.05) is 26.6 Å². The molecule has 5 aliphatic rings. The molecule has 3 aliphatic heterocycles. The molecule has 3 atom stereocenters. The van der Waals surface area contributed by atoms with E-state index >= 15 is 0 Å². The minimum Gasteiger partial charge on any atom is -0.487 e. The summed E-state index contributed by atoms with van der Waals surface area (Å²) < 4.78 is 13.9. The van der Waals surface area contributed by atoms with E-state index in [1.54, 1.807) is 6.92 Å². The lowest BCUT2D eigenvalue weighted by Crippen LogP contribution is -2.52. The van der Waals surface area contributed by atoms with Crippen molar-refractivity contribution in [3.8, 4) is 5.75 Å². The third-order valence-corrected chi connectivity index (χ3v) is 10.9. The van der Waals surface area contributed by atoms with Gasteiger partial charge in [0.15, 0.2) is 0 Å². The number of fused-ring (bicyclic) bond motifs is 2. The minimum atomic E-state index is -1.13. The summed E-state index contributed by atoms with van der Waals surface area (Å²) in [5.74, 6) is -1.05. The largest absolute Gasteiger partial charge is 0.487 e. The zero-order valence-electron chi connectivity index (χ0n) is 24.5. The first-order valence-electron chi connectivity index (χ1n) is 15.4. The van der Waals surface area contributed by atoms with Gasteiger partial charge >= 0.3 is 5.97 Å². The first kappa shape index (κ1) is 28.6. The van der Waals surface area contributed by atoms with Gasteiger partial charge in [0.25, 0.3) is 0 Å². The number of carbonyl (C=O) groups excluding carboxylic acids is 2. The highest BCUT2D eigenvalue weighted by atomic mass is 35.5.